The number of esters is 1. The molecule has 0 saturated heterocycles. The smallest absolute Gasteiger partial charge is 0.306 e. The molecule has 0 aromatic carbocycles. The molecule has 5 heteroatoms. The van der Waals surface area contributed by atoms with Crippen LogP contribution in [0, 0.1) is 0 Å². The molecule has 0 atom stereocenters. The minimum Gasteiger partial charge on any atom is -0.466 e. The van der Waals surface area contributed by atoms with E-state index in [1.807, 2.05) is 11.4 Å². The van der Waals surface area contributed by atoms with E-state index in [4.69, 9.17) is 4.74 Å². The molecule has 0 radical (unpaired) electrons. The van der Waals surface area contributed by atoms with E-state index in [-0.39, 0.29) is 11.9 Å². The molecule has 1 aromatic rings. The fraction of sp³-hybridized carbons (Fsp3) is 0.455. The van der Waals surface area contributed by atoms with Gasteiger partial charge in [0.2, 0.25) is 5.91 Å². The van der Waals surface area contributed by atoms with Gasteiger partial charge in [-0.15, -0.1) is 11.3 Å². The van der Waals surface area contributed by atoms with Gasteiger partial charge in [0.1, 0.15) is 0 Å². The van der Waals surface area contributed by atoms with Gasteiger partial charge in [0.05, 0.1) is 11.6 Å². The average molecular weight is 241 g/mol. The van der Waals surface area contributed by atoms with Gasteiger partial charge in [0, 0.05) is 13.3 Å². The normalized spacial score (nSPS) is 9.88. The van der Waals surface area contributed by atoms with E-state index in [0.29, 0.717) is 19.4 Å². The summed E-state index contributed by atoms with van der Waals surface area (Å²) in [6, 6.07) is 1.91. The topological polar surface area (TPSA) is 55.4 Å². The SMILES string of the molecule is CCOC(=O)CCc1ccsc1NC(C)=O. The van der Waals surface area contributed by atoms with E-state index in [2.05, 4.69) is 5.32 Å². The zero-order valence-electron chi connectivity index (χ0n) is 9.41. The lowest BCUT2D eigenvalue weighted by Crippen LogP contribution is -2.08. The lowest BCUT2D eigenvalue weighted by Gasteiger charge is -2.04. The molecule has 4 nitrogen and oxygen atoms in total. The van der Waals surface area contributed by atoms with Crippen LogP contribution in [0.1, 0.15) is 25.8 Å². The lowest BCUT2D eigenvalue weighted by molar-refractivity contribution is -0.143. The molecule has 1 N–H and O–H groups in total. The third-order valence-electron chi connectivity index (χ3n) is 1.94. The third kappa shape index (κ3) is 4.02. The molecular weight excluding hydrogens is 226 g/mol. The van der Waals surface area contributed by atoms with Crippen molar-refractivity contribution in [3.05, 3.63) is 17.0 Å². The van der Waals surface area contributed by atoms with Crippen LogP contribution in [0.5, 0.6) is 0 Å². The number of carbonyl (C=O) groups is 2. The first-order valence-corrected chi connectivity index (χ1v) is 6.01. The van der Waals surface area contributed by atoms with Gasteiger partial charge in [0.15, 0.2) is 0 Å². The molecule has 16 heavy (non-hydrogen) atoms. The highest BCUT2D eigenvalue weighted by molar-refractivity contribution is 7.14. The summed E-state index contributed by atoms with van der Waals surface area (Å²) in [6.45, 7) is 3.65. The van der Waals surface area contributed by atoms with Crippen LogP contribution in [0.4, 0.5) is 5.00 Å². The Labute approximate surface area is 98.6 Å². The molecule has 0 aliphatic heterocycles. The van der Waals surface area contributed by atoms with E-state index in [1.54, 1.807) is 6.92 Å². The Morgan fingerprint density at radius 1 is 1.50 bits per heavy atom. The Kier molecular flexibility index (Phi) is 4.98. The van der Waals surface area contributed by atoms with Crippen LogP contribution in [0.15, 0.2) is 11.4 Å². The summed E-state index contributed by atoms with van der Waals surface area (Å²) in [5.74, 6) is -0.303. The molecule has 0 spiro atoms. The number of hydrogen-bond donors (Lipinski definition) is 1. The molecule has 0 aliphatic carbocycles. The summed E-state index contributed by atoms with van der Waals surface area (Å²) in [5.41, 5.74) is 0.980. The van der Waals surface area contributed by atoms with Crippen LogP contribution in [0.25, 0.3) is 0 Å². The zero-order valence-corrected chi connectivity index (χ0v) is 10.2. The van der Waals surface area contributed by atoms with E-state index in [0.717, 1.165) is 10.6 Å². The molecule has 0 saturated carbocycles. The second-order valence-electron chi connectivity index (χ2n) is 3.26. The van der Waals surface area contributed by atoms with E-state index in [9.17, 15) is 9.59 Å². The van der Waals surface area contributed by atoms with Crippen molar-refractivity contribution in [2.45, 2.75) is 26.7 Å². The Hall–Kier alpha value is -1.36. The number of nitrogens with one attached hydrogen (secondary N) is 1. The van der Waals surface area contributed by atoms with Gasteiger partial charge in [-0.1, -0.05) is 0 Å². The van der Waals surface area contributed by atoms with Crippen LogP contribution in [0.3, 0.4) is 0 Å². The Morgan fingerprint density at radius 2 is 2.25 bits per heavy atom. The van der Waals surface area contributed by atoms with E-state index < -0.39 is 0 Å². The monoisotopic (exact) mass is 241 g/mol. The number of thiophene rings is 1. The predicted octanol–water partition coefficient (Wildman–Crippen LogP) is 2.20. The molecule has 1 amide bonds. The molecule has 1 aromatic heterocycles. The van der Waals surface area contributed by atoms with Gasteiger partial charge in [-0.05, 0) is 30.4 Å². The number of hydrogen-bond acceptors (Lipinski definition) is 4. The summed E-state index contributed by atoms with van der Waals surface area (Å²) in [7, 11) is 0. The summed E-state index contributed by atoms with van der Waals surface area (Å²) < 4.78 is 4.84. The molecular formula is C11H15NO3S. The van der Waals surface area contributed by atoms with Crippen LogP contribution in [-0.4, -0.2) is 18.5 Å². The quantitative estimate of drug-likeness (QED) is 0.804. The lowest BCUT2D eigenvalue weighted by atomic mass is 10.2. The molecule has 1 rings (SSSR count). The van der Waals surface area contributed by atoms with Gasteiger partial charge < -0.3 is 10.1 Å². The van der Waals surface area contributed by atoms with Crippen molar-refractivity contribution in [3.8, 4) is 0 Å². The predicted molar refractivity (Wildman–Crippen MR) is 63.6 cm³/mol. The highest BCUT2D eigenvalue weighted by atomic mass is 32.1. The Balaban J connectivity index is 2.50. The highest BCUT2D eigenvalue weighted by Gasteiger charge is 2.08. The second-order valence-corrected chi connectivity index (χ2v) is 4.18. The highest BCUT2D eigenvalue weighted by Crippen LogP contribution is 2.24. The first-order valence-electron chi connectivity index (χ1n) is 5.13. The van der Waals surface area contributed by atoms with Crippen LogP contribution < -0.4 is 5.32 Å². The van der Waals surface area contributed by atoms with Crippen molar-refractivity contribution in [2.75, 3.05) is 11.9 Å². The summed E-state index contributed by atoms with van der Waals surface area (Å²) in [4.78, 5) is 22.1. The van der Waals surface area contributed by atoms with E-state index in [1.165, 1.54) is 18.3 Å². The van der Waals surface area contributed by atoms with Crippen molar-refractivity contribution in [3.63, 3.8) is 0 Å². The van der Waals surface area contributed by atoms with Crippen molar-refractivity contribution >= 4 is 28.2 Å². The van der Waals surface area contributed by atoms with Crippen molar-refractivity contribution in [1.82, 2.24) is 0 Å². The fourth-order valence-corrected chi connectivity index (χ4v) is 2.16. The van der Waals surface area contributed by atoms with Crippen LogP contribution in [-0.2, 0) is 20.7 Å². The van der Waals surface area contributed by atoms with Crippen LogP contribution in [0.2, 0.25) is 0 Å². The number of ether oxygens (including phenoxy) is 1. The average Bonchev–Trinajstić information content (AvgIpc) is 2.62. The number of rotatable bonds is 5. The Bertz CT molecular complexity index is 373. The number of amides is 1. The maximum atomic E-state index is 11.2. The first-order chi connectivity index (χ1) is 7.63. The molecule has 0 bridgehead atoms. The molecule has 0 unspecified atom stereocenters. The second kappa shape index (κ2) is 6.27. The van der Waals surface area contributed by atoms with Crippen molar-refractivity contribution in [1.29, 1.82) is 0 Å². The van der Waals surface area contributed by atoms with Gasteiger partial charge in [-0.2, -0.15) is 0 Å². The molecule has 1 heterocycles. The Morgan fingerprint density at radius 3 is 2.88 bits per heavy atom. The van der Waals surface area contributed by atoms with Gasteiger partial charge in [-0.3, -0.25) is 9.59 Å². The molecule has 0 aliphatic rings. The van der Waals surface area contributed by atoms with Gasteiger partial charge in [0.25, 0.3) is 0 Å². The van der Waals surface area contributed by atoms with Crippen LogP contribution >= 0.6 is 11.3 Å². The fourth-order valence-electron chi connectivity index (χ4n) is 1.27. The first kappa shape index (κ1) is 12.7. The van der Waals surface area contributed by atoms with E-state index >= 15 is 0 Å². The van der Waals surface area contributed by atoms with Crippen molar-refractivity contribution in [2.24, 2.45) is 0 Å². The summed E-state index contributed by atoms with van der Waals surface area (Å²) in [6.07, 6.45) is 0.940. The summed E-state index contributed by atoms with van der Waals surface area (Å²) in [5, 5.41) is 5.45. The number of carbonyl (C=O) groups excluding carboxylic acids is 2. The molecule has 88 valence electrons. The standard InChI is InChI=1S/C11H15NO3S/c1-3-15-10(14)5-4-9-6-7-16-11(9)12-8(2)13/h6-7H,3-5H2,1-2H3,(H,12,13). The third-order valence-corrected chi connectivity index (χ3v) is 2.81. The summed E-state index contributed by atoms with van der Waals surface area (Å²) >= 11 is 1.46. The minimum atomic E-state index is -0.206. The number of aryl methyl sites for hydroxylation is 1. The zero-order chi connectivity index (χ0) is 12.0. The number of anilines is 1. The maximum absolute atomic E-state index is 11.2. The van der Waals surface area contributed by atoms with Gasteiger partial charge in [-0.25, -0.2) is 0 Å². The maximum Gasteiger partial charge on any atom is 0.306 e. The van der Waals surface area contributed by atoms with Crippen molar-refractivity contribution < 1.29 is 14.3 Å². The largest absolute Gasteiger partial charge is 0.466 e. The minimum absolute atomic E-state index is 0.0974. The molecule has 0 fully saturated rings. The van der Waals surface area contributed by atoms with Gasteiger partial charge >= 0.3 is 5.97 Å².